The van der Waals surface area contributed by atoms with Crippen LogP contribution in [0.1, 0.15) is 6.42 Å². The molecule has 0 fully saturated rings. The van der Waals surface area contributed by atoms with Gasteiger partial charge in [-0.3, -0.25) is 14.5 Å². The first-order valence-corrected chi connectivity index (χ1v) is 5.20. The number of benzene rings is 1. The molecule has 0 aliphatic rings. The Morgan fingerprint density at radius 2 is 2.00 bits per heavy atom. The molecule has 0 heterocycles. The molecule has 1 aromatic rings. The Balaban J connectivity index is 0.00000256. The summed E-state index contributed by atoms with van der Waals surface area (Å²) in [6, 6.07) is 6.49. The van der Waals surface area contributed by atoms with Gasteiger partial charge in [0.1, 0.15) is 0 Å². The van der Waals surface area contributed by atoms with Crippen LogP contribution in [0.2, 0.25) is 5.02 Å². The average molecular weight is 299 g/mol. The number of carbonyl (C=O) groups excluding carboxylic acids is 1. The highest BCUT2D eigenvalue weighted by atomic mass is 35.5. The molecule has 7 heteroatoms. The highest BCUT2D eigenvalue weighted by Gasteiger charge is 2.14. The molecule has 0 unspecified atom stereocenters. The van der Waals surface area contributed by atoms with Gasteiger partial charge in [-0.15, -0.1) is 12.4 Å². The van der Waals surface area contributed by atoms with E-state index in [1.54, 1.807) is 24.3 Å². The van der Waals surface area contributed by atoms with Crippen molar-refractivity contribution in [2.75, 3.05) is 11.4 Å². The van der Waals surface area contributed by atoms with Gasteiger partial charge in [0.05, 0.1) is 6.42 Å². The standard InChI is InChI=1S/C10H9Cl2NO3.ClH/c11-7-2-1-3-8(6-7)13(10(12)16)5-4-9(14)15;/h1-3,6H,4-5H2,(H,14,15);1H. The molecule has 0 aliphatic carbocycles. The summed E-state index contributed by atoms with van der Waals surface area (Å²) in [7, 11) is 0. The van der Waals surface area contributed by atoms with Gasteiger partial charge in [-0.25, -0.2) is 0 Å². The van der Waals surface area contributed by atoms with Crippen LogP contribution in [0.3, 0.4) is 0 Å². The minimum Gasteiger partial charge on any atom is -0.481 e. The Hall–Kier alpha value is -0.970. The first-order chi connectivity index (χ1) is 7.50. The SMILES string of the molecule is Cl.O=C(O)CCN(C(=O)Cl)c1cccc(Cl)c1. The van der Waals surface area contributed by atoms with E-state index in [1.807, 2.05) is 0 Å². The van der Waals surface area contributed by atoms with Crippen molar-refractivity contribution in [1.82, 2.24) is 0 Å². The summed E-state index contributed by atoms with van der Waals surface area (Å²) in [5.41, 5.74) is 0.480. The lowest BCUT2D eigenvalue weighted by atomic mass is 10.3. The van der Waals surface area contributed by atoms with Gasteiger partial charge in [-0.05, 0) is 29.8 Å². The van der Waals surface area contributed by atoms with Crippen molar-refractivity contribution >= 4 is 52.6 Å². The summed E-state index contributed by atoms with van der Waals surface area (Å²) < 4.78 is 0. The minimum atomic E-state index is -0.995. The van der Waals surface area contributed by atoms with Crippen LogP contribution in [-0.2, 0) is 4.79 Å². The van der Waals surface area contributed by atoms with Crippen molar-refractivity contribution in [2.45, 2.75) is 6.42 Å². The van der Waals surface area contributed by atoms with Gasteiger partial charge in [0.25, 0.3) is 0 Å². The lowest BCUT2D eigenvalue weighted by Gasteiger charge is -2.18. The summed E-state index contributed by atoms with van der Waals surface area (Å²) in [5.74, 6) is -0.995. The molecule has 4 nitrogen and oxygen atoms in total. The summed E-state index contributed by atoms with van der Waals surface area (Å²) in [6.07, 6.45) is -0.176. The third-order valence-corrected chi connectivity index (χ3v) is 2.32. The topological polar surface area (TPSA) is 57.6 Å². The lowest BCUT2D eigenvalue weighted by molar-refractivity contribution is -0.136. The van der Waals surface area contributed by atoms with Crippen molar-refractivity contribution < 1.29 is 14.7 Å². The van der Waals surface area contributed by atoms with Gasteiger partial charge < -0.3 is 5.11 Å². The summed E-state index contributed by atoms with van der Waals surface area (Å²) >= 11 is 11.1. The zero-order chi connectivity index (χ0) is 12.1. The Labute approximate surface area is 115 Å². The van der Waals surface area contributed by atoms with Crippen LogP contribution < -0.4 is 4.90 Å². The predicted octanol–water partition coefficient (Wildman–Crippen LogP) is 3.40. The van der Waals surface area contributed by atoms with Gasteiger partial charge in [0, 0.05) is 17.3 Å². The molecule has 0 bridgehead atoms. The van der Waals surface area contributed by atoms with E-state index >= 15 is 0 Å². The number of anilines is 1. The Morgan fingerprint density at radius 3 is 2.47 bits per heavy atom. The van der Waals surface area contributed by atoms with E-state index in [-0.39, 0.29) is 25.4 Å². The molecule has 1 rings (SSSR count). The largest absolute Gasteiger partial charge is 0.481 e. The molecule has 0 saturated carbocycles. The molecular formula is C10H10Cl3NO3. The van der Waals surface area contributed by atoms with E-state index in [1.165, 1.54) is 0 Å². The van der Waals surface area contributed by atoms with Crippen LogP contribution in [0.15, 0.2) is 24.3 Å². The number of hydrogen-bond donors (Lipinski definition) is 1. The Bertz CT molecular complexity index is 412. The molecule has 0 saturated heterocycles. The van der Waals surface area contributed by atoms with Gasteiger partial charge in [0.15, 0.2) is 0 Å². The highest BCUT2D eigenvalue weighted by Crippen LogP contribution is 2.21. The van der Waals surface area contributed by atoms with Crippen molar-refractivity contribution in [1.29, 1.82) is 0 Å². The fraction of sp³-hybridized carbons (Fsp3) is 0.200. The van der Waals surface area contributed by atoms with E-state index in [0.717, 1.165) is 4.90 Å². The van der Waals surface area contributed by atoms with Crippen molar-refractivity contribution in [3.8, 4) is 0 Å². The zero-order valence-electron chi connectivity index (χ0n) is 8.60. The lowest BCUT2D eigenvalue weighted by Crippen LogP contribution is -2.28. The molecule has 0 atom stereocenters. The number of carboxylic acid groups (broad SMARTS) is 1. The average Bonchev–Trinajstić information content (AvgIpc) is 2.17. The molecule has 0 aliphatic heterocycles. The number of carbonyl (C=O) groups is 2. The normalized spacial score (nSPS) is 9.29. The van der Waals surface area contributed by atoms with E-state index in [0.29, 0.717) is 10.7 Å². The van der Waals surface area contributed by atoms with Crippen LogP contribution in [0, 0.1) is 0 Å². The maximum absolute atomic E-state index is 11.1. The predicted molar refractivity (Wildman–Crippen MR) is 69.5 cm³/mol. The Kier molecular flexibility index (Phi) is 6.95. The monoisotopic (exact) mass is 297 g/mol. The molecule has 17 heavy (non-hydrogen) atoms. The van der Waals surface area contributed by atoms with E-state index in [9.17, 15) is 9.59 Å². The molecule has 1 N–H and O–H groups in total. The Morgan fingerprint density at radius 1 is 1.35 bits per heavy atom. The summed E-state index contributed by atoms with van der Waals surface area (Å²) in [6.45, 7) is 0.0119. The molecule has 0 aromatic heterocycles. The third-order valence-electron chi connectivity index (χ3n) is 1.88. The second kappa shape index (κ2) is 7.37. The van der Waals surface area contributed by atoms with Gasteiger partial charge in [0.2, 0.25) is 0 Å². The van der Waals surface area contributed by atoms with Crippen molar-refractivity contribution in [2.24, 2.45) is 0 Å². The smallest absolute Gasteiger partial charge is 0.320 e. The van der Waals surface area contributed by atoms with E-state index < -0.39 is 11.3 Å². The molecule has 0 radical (unpaired) electrons. The van der Waals surface area contributed by atoms with Crippen LogP contribution in [0.4, 0.5) is 10.5 Å². The molecule has 1 amide bonds. The number of carboxylic acids is 1. The summed E-state index contributed by atoms with van der Waals surface area (Å²) in [4.78, 5) is 22.7. The first kappa shape index (κ1) is 16.0. The number of amides is 1. The molecular weight excluding hydrogens is 288 g/mol. The second-order valence-corrected chi connectivity index (χ2v) is 3.79. The van der Waals surface area contributed by atoms with Gasteiger partial charge in [-0.1, -0.05) is 17.7 Å². The summed E-state index contributed by atoms with van der Waals surface area (Å²) in [5, 5.41) is 8.26. The van der Waals surface area contributed by atoms with Crippen LogP contribution in [-0.4, -0.2) is 23.0 Å². The number of hydrogen-bond acceptors (Lipinski definition) is 2. The van der Waals surface area contributed by atoms with Crippen LogP contribution >= 0.6 is 35.6 Å². The van der Waals surface area contributed by atoms with Crippen molar-refractivity contribution in [3.63, 3.8) is 0 Å². The number of nitrogens with zero attached hydrogens (tertiary/aromatic N) is 1. The van der Waals surface area contributed by atoms with Gasteiger partial charge >= 0.3 is 11.3 Å². The van der Waals surface area contributed by atoms with E-state index in [4.69, 9.17) is 28.3 Å². The highest BCUT2D eigenvalue weighted by molar-refractivity contribution is 6.66. The zero-order valence-corrected chi connectivity index (χ0v) is 10.9. The molecule has 94 valence electrons. The number of aliphatic carboxylic acids is 1. The number of halogens is 3. The quantitative estimate of drug-likeness (QED) is 0.684. The fourth-order valence-electron chi connectivity index (χ4n) is 1.17. The molecule has 1 aromatic carbocycles. The molecule has 0 spiro atoms. The second-order valence-electron chi connectivity index (χ2n) is 3.03. The first-order valence-electron chi connectivity index (χ1n) is 4.45. The fourth-order valence-corrected chi connectivity index (χ4v) is 1.54. The van der Waals surface area contributed by atoms with Crippen LogP contribution in [0.5, 0.6) is 0 Å². The maximum atomic E-state index is 11.1. The number of rotatable bonds is 4. The van der Waals surface area contributed by atoms with Gasteiger partial charge in [-0.2, -0.15) is 0 Å². The van der Waals surface area contributed by atoms with Crippen molar-refractivity contribution in [3.05, 3.63) is 29.3 Å². The maximum Gasteiger partial charge on any atom is 0.320 e. The third kappa shape index (κ3) is 5.26. The van der Waals surface area contributed by atoms with E-state index in [2.05, 4.69) is 0 Å². The van der Waals surface area contributed by atoms with Crippen LogP contribution in [0.25, 0.3) is 0 Å². The minimum absolute atomic E-state index is 0.